The summed E-state index contributed by atoms with van der Waals surface area (Å²) < 4.78 is 28.2. The third-order valence-electron chi connectivity index (χ3n) is 4.60. The van der Waals surface area contributed by atoms with E-state index in [9.17, 15) is 13.7 Å². The molecule has 142 valence electrons. The van der Waals surface area contributed by atoms with Gasteiger partial charge in [0.25, 0.3) is 0 Å². The summed E-state index contributed by atoms with van der Waals surface area (Å²) >= 11 is 0. The van der Waals surface area contributed by atoms with Crippen molar-refractivity contribution in [3.8, 4) is 23.0 Å². The van der Waals surface area contributed by atoms with Crippen LogP contribution < -0.4 is 0 Å². The summed E-state index contributed by atoms with van der Waals surface area (Å²) in [4.78, 5) is 0.108. The van der Waals surface area contributed by atoms with Crippen molar-refractivity contribution in [3.05, 3.63) is 96.1 Å². The Hall–Kier alpha value is -3.69. The third-order valence-corrected chi connectivity index (χ3v) is 6.29. The van der Waals surface area contributed by atoms with E-state index >= 15 is 0 Å². The average Bonchev–Trinajstić information content (AvgIpc) is 3.16. The molecule has 5 nitrogen and oxygen atoms in total. The molecule has 0 radical (unpaired) electrons. The fourth-order valence-corrected chi connectivity index (χ4v) is 4.45. The number of sulfone groups is 1. The summed E-state index contributed by atoms with van der Waals surface area (Å²) in [5, 5.41) is 14.1. The lowest BCUT2D eigenvalue weighted by Gasteiger charge is -2.07. The first kappa shape index (κ1) is 18.7. The largest absolute Gasteiger partial charge is 0.230 e. The quantitative estimate of drug-likeness (QED) is 0.504. The molecule has 0 saturated carbocycles. The van der Waals surface area contributed by atoms with Crippen LogP contribution in [0.25, 0.3) is 16.9 Å². The van der Waals surface area contributed by atoms with Crippen LogP contribution >= 0.6 is 0 Å². The molecule has 0 spiro atoms. The van der Waals surface area contributed by atoms with Crippen LogP contribution in [0, 0.1) is 18.3 Å². The molecule has 0 atom stereocenters. The number of nitriles is 1. The Morgan fingerprint density at radius 2 is 1.45 bits per heavy atom. The number of aryl methyl sites for hydroxylation is 1. The van der Waals surface area contributed by atoms with Gasteiger partial charge in [-0.15, -0.1) is 0 Å². The maximum atomic E-state index is 13.3. The summed E-state index contributed by atoms with van der Waals surface area (Å²) in [5.74, 6) is 0. The molecular formula is C23H17N3O2S. The topological polar surface area (TPSA) is 75.8 Å². The lowest BCUT2D eigenvalue weighted by Crippen LogP contribution is -2.05. The molecule has 0 aliphatic rings. The molecule has 0 N–H and O–H groups in total. The summed E-state index contributed by atoms with van der Waals surface area (Å²) in [5.41, 5.74) is 2.81. The molecule has 0 bridgehead atoms. The molecule has 0 amide bonds. The SMILES string of the molecule is Cc1ccc(S(=O)(=O)c2nn(-c3ccccc3)c(-c3ccccc3)c2C#N)cc1. The Balaban J connectivity index is 2.03. The molecule has 0 aliphatic carbocycles. The molecule has 1 heterocycles. The van der Waals surface area contributed by atoms with E-state index < -0.39 is 9.84 Å². The monoisotopic (exact) mass is 399 g/mol. The van der Waals surface area contributed by atoms with Crippen LogP contribution in [-0.2, 0) is 9.84 Å². The van der Waals surface area contributed by atoms with Gasteiger partial charge in [0.1, 0.15) is 11.6 Å². The maximum absolute atomic E-state index is 13.3. The van der Waals surface area contributed by atoms with Gasteiger partial charge in [-0.25, -0.2) is 13.1 Å². The molecule has 4 aromatic rings. The Morgan fingerprint density at radius 3 is 2.03 bits per heavy atom. The van der Waals surface area contributed by atoms with E-state index in [1.54, 1.807) is 12.1 Å². The number of para-hydroxylation sites is 1. The fourth-order valence-electron chi connectivity index (χ4n) is 3.13. The van der Waals surface area contributed by atoms with Gasteiger partial charge < -0.3 is 0 Å². The smallest absolute Gasteiger partial charge is 0.227 e. The van der Waals surface area contributed by atoms with Crippen LogP contribution in [0.5, 0.6) is 0 Å². The Morgan fingerprint density at radius 1 is 0.862 bits per heavy atom. The van der Waals surface area contributed by atoms with Crippen molar-refractivity contribution in [3.63, 3.8) is 0 Å². The maximum Gasteiger partial charge on any atom is 0.227 e. The van der Waals surface area contributed by atoms with Gasteiger partial charge in [0.2, 0.25) is 14.9 Å². The number of aromatic nitrogens is 2. The summed E-state index contributed by atoms with van der Waals surface area (Å²) in [6, 6.07) is 27.0. The first-order chi connectivity index (χ1) is 14.0. The molecule has 4 rings (SSSR count). The second-order valence-corrected chi connectivity index (χ2v) is 8.44. The van der Waals surface area contributed by atoms with Gasteiger partial charge in [-0.3, -0.25) is 0 Å². The van der Waals surface area contributed by atoms with Gasteiger partial charge in [0, 0.05) is 5.56 Å². The number of hydrogen-bond donors (Lipinski definition) is 0. The molecular weight excluding hydrogens is 382 g/mol. The van der Waals surface area contributed by atoms with Crippen LogP contribution in [0.2, 0.25) is 0 Å². The zero-order valence-corrected chi connectivity index (χ0v) is 16.5. The second-order valence-electron chi connectivity index (χ2n) is 6.57. The van der Waals surface area contributed by atoms with Gasteiger partial charge >= 0.3 is 0 Å². The molecule has 0 fully saturated rings. The van der Waals surface area contributed by atoms with Crippen molar-refractivity contribution < 1.29 is 8.42 Å². The molecule has 0 saturated heterocycles. The summed E-state index contributed by atoms with van der Waals surface area (Å²) in [6.07, 6.45) is 0. The minimum Gasteiger partial charge on any atom is -0.230 e. The highest BCUT2D eigenvalue weighted by Crippen LogP contribution is 2.33. The lowest BCUT2D eigenvalue weighted by molar-refractivity contribution is 0.590. The molecule has 1 aromatic heterocycles. The van der Waals surface area contributed by atoms with E-state index in [1.165, 1.54) is 16.8 Å². The third kappa shape index (κ3) is 3.33. The Bertz CT molecular complexity index is 1300. The molecule has 29 heavy (non-hydrogen) atoms. The van der Waals surface area contributed by atoms with E-state index in [2.05, 4.69) is 11.2 Å². The van der Waals surface area contributed by atoms with Crippen molar-refractivity contribution >= 4 is 9.84 Å². The predicted molar refractivity (Wildman–Crippen MR) is 110 cm³/mol. The highest BCUT2D eigenvalue weighted by molar-refractivity contribution is 7.91. The van der Waals surface area contributed by atoms with Crippen LogP contribution in [-0.4, -0.2) is 18.2 Å². The molecule has 0 unspecified atom stereocenters. The zero-order chi connectivity index (χ0) is 20.4. The molecule has 3 aromatic carbocycles. The minimum absolute atomic E-state index is 0.0284. The van der Waals surface area contributed by atoms with Crippen LogP contribution in [0.15, 0.2) is 94.9 Å². The van der Waals surface area contributed by atoms with Gasteiger partial charge in [0.05, 0.1) is 16.3 Å². The predicted octanol–water partition coefficient (Wildman–Crippen LogP) is 4.55. The van der Waals surface area contributed by atoms with Crippen molar-refractivity contribution in [1.82, 2.24) is 9.78 Å². The van der Waals surface area contributed by atoms with Crippen molar-refractivity contribution in [2.24, 2.45) is 0 Å². The van der Waals surface area contributed by atoms with Crippen molar-refractivity contribution in [2.45, 2.75) is 16.8 Å². The number of nitrogens with zero attached hydrogens (tertiary/aromatic N) is 3. The average molecular weight is 399 g/mol. The van der Waals surface area contributed by atoms with E-state index in [4.69, 9.17) is 0 Å². The highest BCUT2D eigenvalue weighted by Gasteiger charge is 2.30. The molecule has 6 heteroatoms. The van der Waals surface area contributed by atoms with E-state index in [0.717, 1.165) is 5.56 Å². The standard InChI is InChI=1S/C23H17N3O2S/c1-17-12-14-20(15-13-17)29(27,28)23-21(16-24)22(18-8-4-2-5-9-18)26(25-23)19-10-6-3-7-11-19/h2-15H,1H3. The number of rotatable bonds is 4. The van der Waals surface area contributed by atoms with E-state index in [1.807, 2.05) is 67.6 Å². The van der Waals surface area contributed by atoms with Gasteiger partial charge in [-0.05, 0) is 31.2 Å². The highest BCUT2D eigenvalue weighted by atomic mass is 32.2. The van der Waals surface area contributed by atoms with E-state index in [0.29, 0.717) is 16.9 Å². The first-order valence-corrected chi connectivity index (χ1v) is 10.5. The normalized spacial score (nSPS) is 11.2. The van der Waals surface area contributed by atoms with E-state index in [-0.39, 0.29) is 15.5 Å². The number of hydrogen-bond acceptors (Lipinski definition) is 4. The van der Waals surface area contributed by atoms with Crippen LogP contribution in [0.1, 0.15) is 11.1 Å². The summed E-state index contributed by atoms with van der Waals surface area (Å²) in [6.45, 7) is 1.88. The lowest BCUT2D eigenvalue weighted by atomic mass is 10.1. The Kier molecular flexibility index (Phi) is 4.75. The minimum atomic E-state index is -3.97. The Labute approximate surface area is 169 Å². The first-order valence-electron chi connectivity index (χ1n) is 8.98. The fraction of sp³-hybridized carbons (Fsp3) is 0.0435. The zero-order valence-electron chi connectivity index (χ0n) is 15.6. The van der Waals surface area contributed by atoms with Crippen LogP contribution in [0.3, 0.4) is 0 Å². The molecule has 0 aliphatic heterocycles. The van der Waals surface area contributed by atoms with Gasteiger partial charge in [-0.1, -0.05) is 66.2 Å². The summed E-state index contributed by atoms with van der Waals surface area (Å²) in [7, 11) is -3.97. The second kappa shape index (κ2) is 7.38. The van der Waals surface area contributed by atoms with Crippen molar-refractivity contribution in [1.29, 1.82) is 5.26 Å². The number of benzene rings is 3. The van der Waals surface area contributed by atoms with Gasteiger partial charge in [0.15, 0.2) is 0 Å². The van der Waals surface area contributed by atoms with Gasteiger partial charge in [-0.2, -0.15) is 10.4 Å². The van der Waals surface area contributed by atoms with Crippen molar-refractivity contribution in [2.75, 3.05) is 0 Å². The van der Waals surface area contributed by atoms with Crippen LogP contribution in [0.4, 0.5) is 0 Å².